The minimum absolute atomic E-state index is 0.386. The van der Waals surface area contributed by atoms with Crippen LogP contribution in [0.1, 0.15) is 25.1 Å². The molecule has 1 fully saturated rings. The highest BCUT2D eigenvalue weighted by Crippen LogP contribution is 2.35. The van der Waals surface area contributed by atoms with Gasteiger partial charge in [0.1, 0.15) is 16.4 Å². The maximum absolute atomic E-state index is 13.1. The van der Waals surface area contributed by atoms with E-state index < -0.39 is 17.4 Å². The molecule has 0 saturated carbocycles. The van der Waals surface area contributed by atoms with Crippen LogP contribution >= 0.6 is 11.3 Å². The van der Waals surface area contributed by atoms with E-state index in [0.29, 0.717) is 22.7 Å². The Morgan fingerprint density at radius 1 is 1.32 bits per heavy atom. The lowest BCUT2D eigenvalue weighted by atomic mass is 9.92. The maximum atomic E-state index is 13.1. The van der Waals surface area contributed by atoms with E-state index in [1.54, 1.807) is 12.4 Å². The van der Waals surface area contributed by atoms with Crippen molar-refractivity contribution < 1.29 is 14.0 Å². The number of nitrogens with zero attached hydrogens (tertiary/aromatic N) is 2. The molecule has 22 heavy (non-hydrogen) atoms. The highest BCUT2D eigenvalue weighted by Gasteiger charge is 2.50. The summed E-state index contributed by atoms with van der Waals surface area (Å²) < 4.78 is 13.1. The molecule has 2 heterocycles. The van der Waals surface area contributed by atoms with Gasteiger partial charge in [0.15, 0.2) is 0 Å². The van der Waals surface area contributed by atoms with Crippen molar-refractivity contribution in [2.75, 3.05) is 4.90 Å². The van der Waals surface area contributed by atoms with Crippen LogP contribution in [0.2, 0.25) is 0 Å². The summed E-state index contributed by atoms with van der Waals surface area (Å²) in [5.41, 5.74) is 1.65. The molecule has 0 spiro atoms. The number of carbonyl (C=O) groups excluding carboxylic acids is 2. The fourth-order valence-corrected chi connectivity index (χ4v) is 3.37. The zero-order chi connectivity index (χ0) is 15.9. The zero-order valence-corrected chi connectivity index (χ0v) is 12.9. The topological polar surface area (TPSA) is 62.3 Å². The van der Waals surface area contributed by atoms with Crippen LogP contribution in [-0.4, -0.2) is 16.9 Å². The van der Waals surface area contributed by atoms with E-state index >= 15 is 0 Å². The Morgan fingerprint density at radius 3 is 2.64 bits per heavy atom. The largest absolute Gasteiger partial charge is 0.330 e. The molecule has 1 atom stereocenters. The standard InChI is InChI=1S/C15H14FN3O2S/c1-3-11-12(22-8-17-11)19-13(20)15(2,18-14(19)21)9-4-6-10(16)7-5-9/h4-8H,3H2,1-2H3,(H,18,21). The number of rotatable bonds is 3. The van der Waals surface area contributed by atoms with Gasteiger partial charge in [-0.3, -0.25) is 4.79 Å². The summed E-state index contributed by atoms with van der Waals surface area (Å²) in [7, 11) is 0. The Morgan fingerprint density at radius 2 is 2.00 bits per heavy atom. The molecular weight excluding hydrogens is 305 g/mol. The molecule has 1 aromatic carbocycles. The van der Waals surface area contributed by atoms with Gasteiger partial charge in [-0.05, 0) is 31.0 Å². The first-order chi connectivity index (χ1) is 10.5. The summed E-state index contributed by atoms with van der Waals surface area (Å²) in [6.45, 7) is 3.53. The van der Waals surface area contributed by atoms with Gasteiger partial charge >= 0.3 is 6.03 Å². The van der Waals surface area contributed by atoms with Gasteiger partial charge in [0.05, 0.1) is 11.2 Å². The van der Waals surface area contributed by atoms with Crippen LogP contribution in [0.4, 0.5) is 14.2 Å². The van der Waals surface area contributed by atoms with Gasteiger partial charge in [0.2, 0.25) is 0 Å². The summed E-state index contributed by atoms with van der Waals surface area (Å²) in [5.74, 6) is -0.778. The smallest absolute Gasteiger partial charge is 0.319 e. The van der Waals surface area contributed by atoms with Crippen molar-refractivity contribution >= 4 is 28.3 Å². The number of anilines is 1. The predicted molar refractivity (Wildman–Crippen MR) is 81.3 cm³/mol. The number of amides is 3. The second-order valence-corrected chi connectivity index (χ2v) is 5.99. The SMILES string of the molecule is CCc1ncsc1N1C(=O)NC(C)(c2ccc(F)cc2)C1=O. The summed E-state index contributed by atoms with van der Waals surface area (Å²) in [4.78, 5) is 30.4. The van der Waals surface area contributed by atoms with E-state index in [0.717, 1.165) is 4.90 Å². The first kappa shape index (κ1) is 14.6. The van der Waals surface area contributed by atoms with Crippen LogP contribution in [0.5, 0.6) is 0 Å². The van der Waals surface area contributed by atoms with Gasteiger partial charge in [-0.2, -0.15) is 0 Å². The Hall–Kier alpha value is -2.28. The molecule has 1 saturated heterocycles. The second-order valence-electron chi connectivity index (χ2n) is 5.16. The normalized spacial score (nSPS) is 21.3. The number of hydrogen-bond donors (Lipinski definition) is 1. The molecule has 1 aromatic heterocycles. The summed E-state index contributed by atoms with van der Waals surface area (Å²) in [5, 5.41) is 3.24. The fraction of sp³-hybridized carbons (Fsp3) is 0.267. The van der Waals surface area contributed by atoms with Crippen molar-refractivity contribution in [1.29, 1.82) is 0 Å². The number of carbonyl (C=O) groups is 2. The summed E-state index contributed by atoms with van der Waals surface area (Å²) in [6, 6.07) is 5.06. The molecule has 1 N–H and O–H groups in total. The van der Waals surface area contributed by atoms with Gasteiger partial charge in [-0.1, -0.05) is 19.1 Å². The van der Waals surface area contributed by atoms with Crippen molar-refractivity contribution in [2.45, 2.75) is 25.8 Å². The summed E-state index contributed by atoms with van der Waals surface area (Å²) >= 11 is 1.25. The van der Waals surface area contributed by atoms with Crippen LogP contribution < -0.4 is 10.2 Å². The molecule has 3 amide bonds. The van der Waals surface area contributed by atoms with E-state index in [4.69, 9.17) is 0 Å². The number of nitrogens with one attached hydrogen (secondary N) is 1. The van der Waals surface area contributed by atoms with E-state index in [1.807, 2.05) is 6.92 Å². The zero-order valence-electron chi connectivity index (χ0n) is 12.1. The molecule has 1 aliphatic heterocycles. The molecular formula is C15H14FN3O2S. The average molecular weight is 319 g/mol. The number of urea groups is 1. The van der Waals surface area contributed by atoms with Gasteiger partial charge in [0, 0.05) is 0 Å². The van der Waals surface area contributed by atoms with Crippen LogP contribution in [0.25, 0.3) is 0 Å². The first-order valence-corrected chi connectivity index (χ1v) is 7.70. The van der Waals surface area contributed by atoms with Crippen molar-refractivity contribution in [2.24, 2.45) is 0 Å². The van der Waals surface area contributed by atoms with Gasteiger partial charge in [0.25, 0.3) is 5.91 Å². The lowest BCUT2D eigenvalue weighted by molar-refractivity contribution is -0.121. The summed E-state index contributed by atoms with van der Waals surface area (Å²) in [6.07, 6.45) is 0.628. The Kier molecular flexibility index (Phi) is 3.44. The molecule has 114 valence electrons. The number of halogens is 1. The third kappa shape index (κ3) is 2.09. The van der Waals surface area contributed by atoms with Crippen molar-refractivity contribution in [1.82, 2.24) is 10.3 Å². The maximum Gasteiger partial charge on any atom is 0.330 e. The highest BCUT2D eigenvalue weighted by molar-refractivity contribution is 7.14. The van der Waals surface area contributed by atoms with Gasteiger partial charge < -0.3 is 5.32 Å². The molecule has 7 heteroatoms. The van der Waals surface area contributed by atoms with Crippen molar-refractivity contribution in [3.8, 4) is 0 Å². The van der Waals surface area contributed by atoms with Crippen molar-refractivity contribution in [3.05, 3.63) is 46.9 Å². The average Bonchev–Trinajstić information content (AvgIpc) is 3.03. The predicted octanol–water partition coefficient (Wildman–Crippen LogP) is 2.82. The highest BCUT2D eigenvalue weighted by atomic mass is 32.1. The Labute approximate surface area is 130 Å². The first-order valence-electron chi connectivity index (χ1n) is 6.82. The van der Waals surface area contributed by atoms with Crippen molar-refractivity contribution in [3.63, 3.8) is 0 Å². The van der Waals surface area contributed by atoms with E-state index in [9.17, 15) is 14.0 Å². The van der Waals surface area contributed by atoms with E-state index in [-0.39, 0.29) is 5.91 Å². The van der Waals surface area contributed by atoms with Crippen LogP contribution in [0.3, 0.4) is 0 Å². The number of benzene rings is 1. The monoisotopic (exact) mass is 319 g/mol. The van der Waals surface area contributed by atoms with E-state index in [2.05, 4.69) is 10.3 Å². The van der Waals surface area contributed by atoms with Gasteiger partial charge in [-0.15, -0.1) is 11.3 Å². The Balaban J connectivity index is 2.02. The molecule has 3 rings (SSSR count). The third-order valence-corrected chi connectivity index (χ3v) is 4.62. The number of thiazole rings is 1. The minimum atomic E-state index is -1.21. The molecule has 2 aromatic rings. The minimum Gasteiger partial charge on any atom is -0.319 e. The number of imide groups is 1. The molecule has 1 aliphatic rings. The molecule has 0 radical (unpaired) electrons. The van der Waals surface area contributed by atoms with E-state index in [1.165, 1.54) is 35.6 Å². The molecule has 5 nitrogen and oxygen atoms in total. The fourth-order valence-electron chi connectivity index (χ4n) is 2.49. The van der Waals surface area contributed by atoms with Crippen LogP contribution in [0, 0.1) is 5.82 Å². The molecule has 1 unspecified atom stereocenters. The molecule has 0 bridgehead atoms. The third-order valence-electron chi connectivity index (χ3n) is 3.77. The number of hydrogen-bond acceptors (Lipinski definition) is 4. The number of aryl methyl sites for hydroxylation is 1. The number of aromatic nitrogens is 1. The molecule has 0 aliphatic carbocycles. The quantitative estimate of drug-likeness (QED) is 0.885. The van der Waals surface area contributed by atoms with Crippen LogP contribution in [0.15, 0.2) is 29.8 Å². The van der Waals surface area contributed by atoms with Gasteiger partial charge in [-0.25, -0.2) is 19.1 Å². The van der Waals surface area contributed by atoms with Crippen LogP contribution in [-0.2, 0) is 16.8 Å². The second kappa shape index (κ2) is 5.17. The lowest BCUT2D eigenvalue weighted by Gasteiger charge is -2.22. The lowest BCUT2D eigenvalue weighted by Crippen LogP contribution is -2.40. The Bertz CT molecular complexity index is 744.